The van der Waals surface area contributed by atoms with Crippen LogP contribution in [0.5, 0.6) is 0 Å². The van der Waals surface area contributed by atoms with E-state index in [0.717, 1.165) is 0 Å². The molecule has 2 saturated carbocycles. The summed E-state index contributed by atoms with van der Waals surface area (Å²) in [6.45, 7) is 0. The van der Waals surface area contributed by atoms with Crippen molar-refractivity contribution in [1.29, 1.82) is 0 Å². The Morgan fingerprint density at radius 3 is 2.38 bits per heavy atom. The quantitative estimate of drug-likeness (QED) is 0.798. The Kier molecular flexibility index (Phi) is 6.12. The third kappa shape index (κ3) is 4.21. The van der Waals surface area contributed by atoms with E-state index in [1.54, 1.807) is 0 Å². The number of amides is 1. The average Bonchev–Trinajstić information content (AvgIpc) is 2.42. The summed E-state index contributed by atoms with van der Waals surface area (Å²) in [7, 11) is 1.52. The fourth-order valence-corrected chi connectivity index (χ4v) is 3.79. The van der Waals surface area contributed by atoms with Gasteiger partial charge in [-0.25, -0.2) is 4.39 Å². The van der Waals surface area contributed by atoms with E-state index in [0.29, 0.717) is 25.7 Å². The lowest BCUT2D eigenvalue weighted by atomic mass is 9.84. The zero-order chi connectivity index (χ0) is 15.6. The van der Waals surface area contributed by atoms with Crippen LogP contribution < -0.4 is 5.73 Å². The van der Waals surface area contributed by atoms with Gasteiger partial charge in [0, 0.05) is 13.5 Å². The molecule has 4 nitrogen and oxygen atoms in total. The molecule has 0 aromatic rings. The topological polar surface area (TPSA) is 61.6 Å². The van der Waals surface area contributed by atoms with Gasteiger partial charge in [0.2, 0.25) is 5.91 Å². The Morgan fingerprint density at radius 2 is 1.81 bits per heavy atom. The number of primary amides is 1. The highest BCUT2D eigenvalue weighted by atomic mass is 35.5. The molecule has 7 atom stereocenters. The molecule has 0 heterocycles. The fraction of sp³-hybridized carbons (Fsp3) is 0.929. The van der Waals surface area contributed by atoms with Crippen molar-refractivity contribution < 1.29 is 18.7 Å². The highest BCUT2D eigenvalue weighted by Gasteiger charge is 2.41. The molecule has 0 bridgehead atoms. The number of halogens is 3. The van der Waals surface area contributed by atoms with E-state index in [2.05, 4.69) is 0 Å². The van der Waals surface area contributed by atoms with Gasteiger partial charge in [0.15, 0.2) is 0 Å². The molecule has 2 N–H and O–H groups in total. The maximum atomic E-state index is 13.9. The molecule has 7 unspecified atom stereocenters. The van der Waals surface area contributed by atoms with E-state index < -0.39 is 18.0 Å². The Hall–Kier alpha value is -0.100. The molecule has 0 aromatic heterocycles. The molecule has 7 heteroatoms. The van der Waals surface area contributed by atoms with Gasteiger partial charge in [0.1, 0.15) is 6.17 Å². The van der Waals surface area contributed by atoms with Crippen LogP contribution in [0.3, 0.4) is 0 Å². The largest absolute Gasteiger partial charge is 0.378 e. The van der Waals surface area contributed by atoms with Crippen LogP contribution in [-0.2, 0) is 14.3 Å². The van der Waals surface area contributed by atoms with Crippen molar-refractivity contribution in [2.45, 2.75) is 67.3 Å². The van der Waals surface area contributed by atoms with Gasteiger partial charge in [-0.3, -0.25) is 4.79 Å². The smallest absolute Gasteiger partial charge is 0.223 e. The van der Waals surface area contributed by atoms with Crippen LogP contribution in [0.4, 0.5) is 4.39 Å². The highest BCUT2D eigenvalue weighted by molar-refractivity contribution is 6.30. The molecule has 0 spiro atoms. The second kappa shape index (κ2) is 7.44. The van der Waals surface area contributed by atoms with Crippen LogP contribution in [0.25, 0.3) is 0 Å². The summed E-state index contributed by atoms with van der Waals surface area (Å²) < 4.78 is 24.9. The van der Waals surface area contributed by atoms with Crippen molar-refractivity contribution >= 4 is 29.1 Å². The number of methoxy groups -OCH3 is 1. The molecule has 2 aliphatic carbocycles. The summed E-state index contributed by atoms with van der Waals surface area (Å²) in [5.74, 6) is -0.891. The lowest BCUT2D eigenvalue weighted by Gasteiger charge is -2.39. The van der Waals surface area contributed by atoms with Crippen LogP contribution in [0.1, 0.15) is 32.1 Å². The van der Waals surface area contributed by atoms with E-state index in [-0.39, 0.29) is 35.5 Å². The van der Waals surface area contributed by atoms with Crippen molar-refractivity contribution in [1.82, 2.24) is 0 Å². The van der Waals surface area contributed by atoms with Gasteiger partial charge < -0.3 is 15.2 Å². The standard InChI is InChI=1S/C14H22Cl2FNO3/c1-20-12-3-2-7(4-11(12)17)21-13-6-10(16)9(15)5-8(13)14(18)19/h7-13H,2-6H2,1H3,(H2,18,19). The summed E-state index contributed by atoms with van der Waals surface area (Å²) >= 11 is 12.3. The molecule has 122 valence electrons. The number of hydrogen-bond donors (Lipinski definition) is 1. The van der Waals surface area contributed by atoms with E-state index in [4.69, 9.17) is 38.4 Å². The maximum Gasteiger partial charge on any atom is 0.223 e. The summed E-state index contributed by atoms with van der Waals surface area (Å²) in [5.41, 5.74) is 5.43. The van der Waals surface area contributed by atoms with Crippen molar-refractivity contribution in [2.24, 2.45) is 11.7 Å². The van der Waals surface area contributed by atoms with E-state index in [1.807, 2.05) is 0 Å². The van der Waals surface area contributed by atoms with Crippen LogP contribution in [-0.4, -0.2) is 48.3 Å². The Morgan fingerprint density at radius 1 is 1.14 bits per heavy atom. The normalized spacial score (nSPS) is 44.5. The molecule has 2 fully saturated rings. The molecule has 0 radical (unpaired) electrons. The number of carbonyl (C=O) groups is 1. The summed E-state index contributed by atoms with van der Waals surface area (Å²) in [4.78, 5) is 11.6. The van der Waals surface area contributed by atoms with E-state index in [9.17, 15) is 9.18 Å². The molecular formula is C14H22Cl2FNO3. The number of alkyl halides is 3. The molecule has 21 heavy (non-hydrogen) atoms. The lowest BCUT2D eigenvalue weighted by molar-refractivity contribution is -0.137. The first-order chi connectivity index (χ1) is 9.92. The molecule has 2 rings (SSSR count). The predicted molar refractivity (Wildman–Crippen MR) is 79.4 cm³/mol. The third-order valence-electron chi connectivity index (χ3n) is 4.48. The first-order valence-corrected chi connectivity index (χ1v) is 8.19. The zero-order valence-electron chi connectivity index (χ0n) is 12.0. The SMILES string of the molecule is COC1CCC(OC2CC(Cl)C(Cl)CC2C(N)=O)CC1F. The number of nitrogens with two attached hydrogens (primary N) is 1. The Bertz CT molecular complexity index is 374. The van der Waals surface area contributed by atoms with E-state index >= 15 is 0 Å². The number of hydrogen-bond acceptors (Lipinski definition) is 3. The van der Waals surface area contributed by atoms with Crippen molar-refractivity contribution in [3.8, 4) is 0 Å². The molecular weight excluding hydrogens is 320 g/mol. The summed E-state index contributed by atoms with van der Waals surface area (Å²) in [6, 6.07) is 0. The Labute approximate surface area is 134 Å². The van der Waals surface area contributed by atoms with Gasteiger partial charge >= 0.3 is 0 Å². The maximum absolute atomic E-state index is 13.9. The predicted octanol–water partition coefficient (Wildman–Crippen LogP) is 2.39. The van der Waals surface area contributed by atoms with Crippen molar-refractivity contribution in [3.63, 3.8) is 0 Å². The molecule has 0 aromatic carbocycles. The Balaban J connectivity index is 1.95. The molecule has 1 amide bonds. The first-order valence-electron chi connectivity index (χ1n) is 7.32. The summed E-state index contributed by atoms with van der Waals surface area (Å²) in [5, 5.41) is -0.550. The summed E-state index contributed by atoms with van der Waals surface area (Å²) in [6.07, 6.45) is 0.444. The minimum absolute atomic E-state index is 0.228. The van der Waals surface area contributed by atoms with Gasteiger partial charge in [-0.1, -0.05) is 0 Å². The minimum Gasteiger partial charge on any atom is -0.378 e. The van der Waals surface area contributed by atoms with Crippen LogP contribution in [0.2, 0.25) is 0 Å². The van der Waals surface area contributed by atoms with E-state index in [1.165, 1.54) is 7.11 Å². The van der Waals surface area contributed by atoms with Crippen LogP contribution in [0.15, 0.2) is 0 Å². The fourth-order valence-electron chi connectivity index (χ4n) is 3.21. The first kappa shape index (κ1) is 17.3. The van der Waals surface area contributed by atoms with Crippen molar-refractivity contribution in [3.05, 3.63) is 0 Å². The van der Waals surface area contributed by atoms with Gasteiger partial charge in [-0.15, -0.1) is 23.2 Å². The van der Waals surface area contributed by atoms with Gasteiger partial charge in [0.25, 0.3) is 0 Å². The zero-order valence-corrected chi connectivity index (χ0v) is 13.5. The van der Waals surface area contributed by atoms with Gasteiger partial charge in [-0.05, 0) is 25.7 Å². The van der Waals surface area contributed by atoms with Crippen LogP contribution >= 0.6 is 23.2 Å². The number of rotatable bonds is 4. The van der Waals surface area contributed by atoms with Crippen LogP contribution in [0, 0.1) is 5.92 Å². The van der Waals surface area contributed by atoms with Gasteiger partial charge in [0.05, 0.1) is 35.0 Å². The molecule has 0 saturated heterocycles. The average molecular weight is 342 g/mol. The monoisotopic (exact) mass is 341 g/mol. The third-order valence-corrected chi connectivity index (χ3v) is 5.57. The van der Waals surface area contributed by atoms with Crippen molar-refractivity contribution in [2.75, 3.05) is 7.11 Å². The number of carbonyl (C=O) groups excluding carboxylic acids is 1. The molecule has 2 aliphatic rings. The van der Waals surface area contributed by atoms with Gasteiger partial charge in [-0.2, -0.15) is 0 Å². The highest BCUT2D eigenvalue weighted by Crippen LogP contribution is 2.36. The second-order valence-electron chi connectivity index (χ2n) is 5.91. The number of ether oxygens (including phenoxy) is 2. The second-order valence-corrected chi connectivity index (χ2v) is 7.03. The lowest BCUT2D eigenvalue weighted by Crippen LogP contribution is -2.47. The minimum atomic E-state index is -1.04. The molecule has 0 aliphatic heterocycles.